The Kier molecular flexibility index (Phi) is 3.53. The van der Waals surface area contributed by atoms with Crippen LogP contribution in [0.2, 0.25) is 5.02 Å². The standard InChI is InChI=1S/C13H18ClNS/c1-9(2)16-12-5-4-10(8-11(12)14)13(15)6-3-7-13/h4-5,8-9H,3,6-7,15H2,1-2H3. The molecule has 1 aromatic carbocycles. The highest BCUT2D eigenvalue weighted by atomic mass is 35.5. The number of nitrogens with two attached hydrogens (primary N) is 1. The van der Waals surface area contributed by atoms with Gasteiger partial charge < -0.3 is 5.73 Å². The van der Waals surface area contributed by atoms with Crippen LogP contribution in [0, 0.1) is 0 Å². The predicted octanol–water partition coefficient (Wildman–Crippen LogP) is 4.18. The number of rotatable bonds is 3. The first-order valence-electron chi connectivity index (χ1n) is 5.77. The van der Waals surface area contributed by atoms with E-state index in [2.05, 4.69) is 26.0 Å². The summed E-state index contributed by atoms with van der Waals surface area (Å²) in [6.07, 6.45) is 3.40. The molecule has 0 radical (unpaired) electrons. The molecule has 2 rings (SSSR count). The molecule has 1 nitrogen and oxygen atoms in total. The molecule has 1 saturated carbocycles. The number of benzene rings is 1. The molecule has 16 heavy (non-hydrogen) atoms. The largest absolute Gasteiger partial charge is 0.321 e. The van der Waals surface area contributed by atoms with Gasteiger partial charge in [0, 0.05) is 15.7 Å². The molecule has 2 N–H and O–H groups in total. The van der Waals surface area contributed by atoms with Crippen LogP contribution in [0.25, 0.3) is 0 Å². The molecule has 0 heterocycles. The van der Waals surface area contributed by atoms with Gasteiger partial charge in [0.1, 0.15) is 0 Å². The van der Waals surface area contributed by atoms with Crippen LogP contribution in [0.15, 0.2) is 23.1 Å². The summed E-state index contributed by atoms with van der Waals surface area (Å²) < 4.78 is 0. The maximum absolute atomic E-state index is 6.28. The van der Waals surface area contributed by atoms with Crippen molar-refractivity contribution in [1.29, 1.82) is 0 Å². The molecule has 0 amide bonds. The van der Waals surface area contributed by atoms with Crippen LogP contribution in [0.4, 0.5) is 0 Å². The van der Waals surface area contributed by atoms with E-state index < -0.39 is 0 Å². The van der Waals surface area contributed by atoms with E-state index in [-0.39, 0.29) is 5.54 Å². The maximum atomic E-state index is 6.28. The lowest BCUT2D eigenvalue weighted by Crippen LogP contribution is -2.43. The van der Waals surface area contributed by atoms with Crippen LogP contribution < -0.4 is 5.73 Å². The molecule has 1 aromatic rings. The molecule has 1 fully saturated rings. The first kappa shape index (κ1) is 12.3. The van der Waals surface area contributed by atoms with E-state index in [0.29, 0.717) is 5.25 Å². The van der Waals surface area contributed by atoms with Gasteiger partial charge in [-0.2, -0.15) is 0 Å². The molecule has 0 spiro atoms. The van der Waals surface area contributed by atoms with Gasteiger partial charge in [0.2, 0.25) is 0 Å². The van der Waals surface area contributed by atoms with E-state index in [1.165, 1.54) is 12.0 Å². The summed E-state index contributed by atoms with van der Waals surface area (Å²) in [5.41, 5.74) is 7.36. The first-order valence-corrected chi connectivity index (χ1v) is 7.02. The van der Waals surface area contributed by atoms with Gasteiger partial charge in [0.15, 0.2) is 0 Å². The summed E-state index contributed by atoms with van der Waals surface area (Å²) in [5.74, 6) is 0. The molecular weight excluding hydrogens is 238 g/mol. The van der Waals surface area contributed by atoms with E-state index in [0.717, 1.165) is 22.8 Å². The quantitative estimate of drug-likeness (QED) is 0.820. The Morgan fingerprint density at radius 2 is 2.06 bits per heavy atom. The molecule has 0 bridgehead atoms. The van der Waals surface area contributed by atoms with E-state index >= 15 is 0 Å². The molecule has 88 valence electrons. The average Bonchev–Trinajstić information content (AvgIpc) is 2.17. The predicted molar refractivity (Wildman–Crippen MR) is 72.2 cm³/mol. The molecule has 0 saturated heterocycles. The Labute approximate surface area is 107 Å². The Morgan fingerprint density at radius 1 is 1.38 bits per heavy atom. The van der Waals surface area contributed by atoms with Gasteiger partial charge in [-0.25, -0.2) is 0 Å². The monoisotopic (exact) mass is 255 g/mol. The lowest BCUT2D eigenvalue weighted by atomic mass is 9.73. The van der Waals surface area contributed by atoms with Crippen molar-refractivity contribution >= 4 is 23.4 Å². The molecular formula is C13H18ClNS. The topological polar surface area (TPSA) is 26.0 Å². The summed E-state index contributed by atoms with van der Waals surface area (Å²) in [4.78, 5) is 1.16. The van der Waals surface area contributed by atoms with E-state index in [9.17, 15) is 0 Å². The molecule has 0 atom stereocenters. The van der Waals surface area contributed by atoms with Crippen LogP contribution >= 0.6 is 23.4 Å². The third-order valence-electron chi connectivity index (χ3n) is 3.12. The maximum Gasteiger partial charge on any atom is 0.0545 e. The van der Waals surface area contributed by atoms with Crippen molar-refractivity contribution in [2.45, 2.75) is 48.8 Å². The highest BCUT2D eigenvalue weighted by molar-refractivity contribution is 8.00. The Hall–Kier alpha value is -0.180. The van der Waals surface area contributed by atoms with Crippen LogP contribution in [0.3, 0.4) is 0 Å². The van der Waals surface area contributed by atoms with Crippen LogP contribution in [0.5, 0.6) is 0 Å². The third kappa shape index (κ3) is 2.39. The van der Waals surface area contributed by atoms with Crippen molar-refractivity contribution in [2.75, 3.05) is 0 Å². The normalized spacial score (nSPS) is 18.6. The van der Waals surface area contributed by atoms with E-state index in [4.69, 9.17) is 17.3 Å². The van der Waals surface area contributed by atoms with Gasteiger partial charge >= 0.3 is 0 Å². The van der Waals surface area contributed by atoms with Gasteiger partial charge in [-0.3, -0.25) is 0 Å². The van der Waals surface area contributed by atoms with Gasteiger partial charge in [0.05, 0.1) is 5.02 Å². The second kappa shape index (κ2) is 4.59. The van der Waals surface area contributed by atoms with Crippen LogP contribution in [-0.2, 0) is 5.54 Å². The zero-order valence-electron chi connectivity index (χ0n) is 9.79. The number of thioether (sulfide) groups is 1. The summed E-state index contributed by atoms with van der Waals surface area (Å²) in [7, 11) is 0. The summed E-state index contributed by atoms with van der Waals surface area (Å²) in [6, 6.07) is 6.29. The minimum atomic E-state index is -0.106. The fraction of sp³-hybridized carbons (Fsp3) is 0.538. The van der Waals surface area contributed by atoms with Gasteiger partial charge in [-0.05, 0) is 37.0 Å². The smallest absolute Gasteiger partial charge is 0.0545 e. The number of hydrogen-bond acceptors (Lipinski definition) is 2. The van der Waals surface area contributed by atoms with Crippen molar-refractivity contribution in [3.05, 3.63) is 28.8 Å². The zero-order chi connectivity index (χ0) is 11.8. The van der Waals surface area contributed by atoms with Crippen molar-refractivity contribution in [3.8, 4) is 0 Å². The summed E-state index contributed by atoms with van der Waals surface area (Å²) in [5, 5.41) is 1.40. The van der Waals surface area contributed by atoms with Crippen LogP contribution in [0.1, 0.15) is 38.7 Å². The first-order chi connectivity index (χ1) is 7.51. The highest BCUT2D eigenvalue weighted by Gasteiger charge is 2.34. The Morgan fingerprint density at radius 3 is 2.50 bits per heavy atom. The molecule has 0 unspecified atom stereocenters. The summed E-state index contributed by atoms with van der Waals surface area (Å²) in [6.45, 7) is 4.34. The third-order valence-corrected chi connectivity index (χ3v) is 4.62. The number of halogens is 1. The molecule has 1 aliphatic carbocycles. The lowest BCUT2D eigenvalue weighted by molar-refractivity contribution is 0.253. The fourth-order valence-corrected chi connectivity index (χ4v) is 3.15. The van der Waals surface area contributed by atoms with Crippen molar-refractivity contribution in [3.63, 3.8) is 0 Å². The minimum Gasteiger partial charge on any atom is -0.321 e. The average molecular weight is 256 g/mol. The van der Waals surface area contributed by atoms with Crippen molar-refractivity contribution in [1.82, 2.24) is 0 Å². The van der Waals surface area contributed by atoms with Crippen LogP contribution in [-0.4, -0.2) is 5.25 Å². The second-order valence-electron chi connectivity index (χ2n) is 4.82. The van der Waals surface area contributed by atoms with Crippen molar-refractivity contribution in [2.24, 2.45) is 5.73 Å². The molecule has 3 heteroatoms. The van der Waals surface area contributed by atoms with E-state index in [1.54, 1.807) is 11.8 Å². The molecule has 0 aromatic heterocycles. The number of hydrogen-bond donors (Lipinski definition) is 1. The molecule has 1 aliphatic rings. The zero-order valence-corrected chi connectivity index (χ0v) is 11.4. The second-order valence-corrected chi connectivity index (χ2v) is 6.85. The summed E-state index contributed by atoms with van der Waals surface area (Å²) >= 11 is 8.08. The Bertz CT molecular complexity index is 386. The Balaban J connectivity index is 2.22. The van der Waals surface area contributed by atoms with Crippen molar-refractivity contribution < 1.29 is 0 Å². The highest BCUT2D eigenvalue weighted by Crippen LogP contribution is 2.41. The molecule has 0 aliphatic heterocycles. The SMILES string of the molecule is CC(C)Sc1ccc(C2(N)CCC2)cc1Cl. The van der Waals surface area contributed by atoms with Gasteiger partial charge in [0.25, 0.3) is 0 Å². The van der Waals surface area contributed by atoms with E-state index in [1.807, 2.05) is 6.07 Å². The van der Waals surface area contributed by atoms with Gasteiger partial charge in [-0.15, -0.1) is 11.8 Å². The minimum absolute atomic E-state index is 0.106. The van der Waals surface area contributed by atoms with Gasteiger partial charge in [-0.1, -0.05) is 31.5 Å². The fourth-order valence-electron chi connectivity index (χ4n) is 2.01. The lowest BCUT2D eigenvalue weighted by Gasteiger charge is -2.38.